The van der Waals surface area contributed by atoms with Crippen molar-refractivity contribution in [1.82, 2.24) is 15.5 Å². The average molecular weight is 368 g/mol. The molecule has 0 aromatic heterocycles. The van der Waals surface area contributed by atoms with Crippen molar-refractivity contribution in [3.63, 3.8) is 0 Å². The highest BCUT2D eigenvalue weighted by atomic mass is 32.2. The second kappa shape index (κ2) is 9.31. The number of piperidine rings is 1. The molecule has 1 aromatic rings. The maximum absolute atomic E-state index is 12.3. The Morgan fingerprint density at radius 3 is 2.44 bits per heavy atom. The van der Waals surface area contributed by atoms with E-state index in [1.165, 1.54) is 0 Å². The van der Waals surface area contributed by atoms with E-state index < -0.39 is 9.84 Å². The van der Waals surface area contributed by atoms with Crippen molar-refractivity contribution in [3.8, 4) is 0 Å². The molecule has 1 heterocycles. The number of nitrogens with zero attached hydrogens (tertiary/aromatic N) is 1. The number of carbonyl (C=O) groups is 1. The van der Waals surface area contributed by atoms with Crippen LogP contribution in [0.3, 0.4) is 0 Å². The zero-order chi connectivity index (χ0) is 18.3. The molecule has 1 fully saturated rings. The SMILES string of the molecule is CC(C)CNC(=O)CN1CCC(NCS(=O)(=O)c2ccccc2)CC1. The molecule has 2 rings (SSSR count). The first kappa shape index (κ1) is 19.9. The van der Waals surface area contributed by atoms with Crippen LogP contribution in [0.4, 0.5) is 0 Å². The summed E-state index contributed by atoms with van der Waals surface area (Å²) in [5.41, 5.74) is 0. The first-order valence-electron chi connectivity index (χ1n) is 8.87. The fourth-order valence-electron chi connectivity index (χ4n) is 2.81. The average Bonchev–Trinajstić information content (AvgIpc) is 2.60. The first-order chi connectivity index (χ1) is 11.9. The van der Waals surface area contributed by atoms with Gasteiger partial charge in [0.25, 0.3) is 0 Å². The maximum atomic E-state index is 12.3. The van der Waals surface area contributed by atoms with Crippen LogP contribution in [0.25, 0.3) is 0 Å². The summed E-state index contributed by atoms with van der Waals surface area (Å²) < 4.78 is 24.6. The summed E-state index contributed by atoms with van der Waals surface area (Å²) in [5.74, 6) is 0.466. The van der Waals surface area contributed by atoms with Crippen LogP contribution in [0, 0.1) is 5.92 Å². The molecule has 0 unspecified atom stereocenters. The molecular weight excluding hydrogens is 338 g/mol. The standard InChI is InChI=1S/C18H29N3O3S/c1-15(2)12-19-18(22)13-21-10-8-16(9-11-21)20-14-25(23,24)17-6-4-3-5-7-17/h3-7,15-16,20H,8-14H2,1-2H3,(H,19,22). The molecule has 1 aliphatic heterocycles. The van der Waals surface area contributed by atoms with Crippen LogP contribution in [-0.2, 0) is 14.6 Å². The van der Waals surface area contributed by atoms with E-state index in [4.69, 9.17) is 0 Å². The van der Waals surface area contributed by atoms with Gasteiger partial charge in [0.1, 0.15) is 5.88 Å². The highest BCUT2D eigenvalue weighted by Gasteiger charge is 2.22. The first-order valence-corrected chi connectivity index (χ1v) is 10.5. The van der Waals surface area contributed by atoms with Crippen molar-refractivity contribution >= 4 is 15.7 Å². The van der Waals surface area contributed by atoms with Gasteiger partial charge in [-0.15, -0.1) is 0 Å². The molecule has 140 valence electrons. The minimum atomic E-state index is -3.30. The Bertz CT molecular complexity index is 639. The van der Waals surface area contributed by atoms with E-state index in [1.807, 2.05) is 0 Å². The molecular formula is C18H29N3O3S. The lowest BCUT2D eigenvalue weighted by Gasteiger charge is -2.32. The van der Waals surface area contributed by atoms with Crippen molar-refractivity contribution in [2.45, 2.75) is 37.6 Å². The summed E-state index contributed by atoms with van der Waals surface area (Å²) in [4.78, 5) is 14.3. The Kier molecular flexibility index (Phi) is 7.40. The Morgan fingerprint density at radius 2 is 1.84 bits per heavy atom. The van der Waals surface area contributed by atoms with E-state index >= 15 is 0 Å². The molecule has 0 atom stereocenters. The molecule has 0 spiro atoms. The quantitative estimate of drug-likeness (QED) is 0.723. The molecule has 1 amide bonds. The second-order valence-electron chi connectivity index (χ2n) is 7.02. The Labute approximate surface area is 150 Å². The van der Waals surface area contributed by atoms with E-state index in [0.717, 1.165) is 25.9 Å². The summed E-state index contributed by atoms with van der Waals surface area (Å²) in [5, 5.41) is 6.09. The van der Waals surface area contributed by atoms with Gasteiger partial charge in [0, 0.05) is 25.7 Å². The van der Waals surface area contributed by atoms with E-state index in [2.05, 4.69) is 29.4 Å². The fraction of sp³-hybridized carbons (Fsp3) is 0.611. The summed E-state index contributed by atoms with van der Waals surface area (Å²) >= 11 is 0. The molecule has 1 saturated heterocycles. The van der Waals surface area contributed by atoms with Gasteiger partial charge in [-0.1, -0.05) is 32.0 Å². The Morgan fingerprint density at radius 1 is 1.20 bits per heavy atom. The summed E-state index contributed by atoms with van der Waals surface area (Å²) in [6, 6.07) is 8.68. The normalized spacial score (nSPS) is 16.9. The summed E-state index contributed by atoms with van der Waals surface area (Å²) in [7, 11) is -3.30. The van der Waals surface area contributed by atoms with E-state index in [1.54, 1.807) is 30.3 Å². The summed E-state index contributed by atoms with van der Waals surface area (Å²) in [6.45, 7) is 6.87. The third kappa shape index (κ3) is 6.76. The van der Waals surface area contributed by atoms with E-state index in [0.29, 0.717) is 23.9 Å². The lowest BCUT2D eigenvalue weighted by Crippen LogP contribution is -2.47. The molecule has 0 saturated carbocycles. The third-order valence-electron chi connectivity index (χ3n) is 4.33. The van der Waals surface area contributed by atoms with Crippen LogP contribution in [-0.4, -0.2) is 57.3 Å². The summed E-state index contributed by atoms with van der Waals surface area (Å²) in [6.07, 6.45) is 1.70. The van der Waals surface area contributed by atoms with Gasteiger partial charge in [-0.3, -0.25) is 9.69 Å². The number of likely N-dealkylation sites (tertiary alicyclic amines) is 1. The predicted molar refractivity (Wildman–Crippen MR) is 98.9 cm³/mol. The van der Waals surface area contributed by atoms with Crippen molar-refractivity contribution < 1.29 is 13.2 Å². The molecule has 1 aromatic carbocycles. The number of rotatable bonds is 8. The van der Waals surface area contributed by atoms with Crippen molar-refractivity contribution in [3.05, 3.63) is 30.3 Å². The lowest BCUT2D eigenvalue weighted by molar-refractivity contribution is -0.122. The van der Waals surface area contributed by atoms with Crippen molar-refractivity contribution in [1.29, 1.82) is 0 Å². The third-order valence-corrected chi connectivity index (χ3v) is 5.86. The number of benzene rings is 1. The number of hydrogen-bond donors (Lipinski definition) is 2. The van der Waals surface area contributed by atoms with E-state index in [9.17, 15) is 13.2 Å². The fourth-order valence-corrected chi connectivity index (χ4v) is 4.00. The second-order valence-corrected chi connectivity index (χ2v) is 9.01. The van der Waals surface area contributed by atoms with Crippen molar-refractivity contribution in [2.75, 3.05) is 32.1 Å². The largest absolute Gasteiger partial charge is 0.355 e. The molecule has 0 bridgehead atoms. The molecule has 7 heteroatoms. The zero-order valence-electron chi connectivity index (χ0n) is 15.1. The zero-order valence-corrected chi connectivity index (χ0v) is 15.9. The highest BCUT2D eigenvalue weighted by Crippen LogP contribution is 2.13. The molecule has 0 aliphatic carbocycles. The van der Waals surface area contributed by atoms with Crippen LogP contribution in [0.2, 0.25) is 0 Å². The van der Waals surface area contributed by atoms with Gasteiger partial charge in [0.2, 0.25) is 5.91 Å². The lowest BCUT2D eigenvalue weighted by atomic mass is 10.1. The maximum Gasteiger partial charge on any atom is 0.234 e. The minimum absolute atomic E-state index is 0.0451. The Balaban J connectivity index is 1.71. The van der Waals surface area contributed by atoms with Gasteiger partial charge in [0.05, 0.1) is 11.4 Å². The molecule has 25 heavy (non-hydrogen) atoms. The number of sulfone groups is 1. The smallest absolute Gasteiger partial charge is 0.234 e. The monoisotopic (exact) mass is 367 g/mol. The number of amides is 1. The van der Waals surface area contributed by atoms with Crippen LogP contribution >= 0.6 is 0 Å². The van der Waals surface area contributed by atoms with Gasteiger partial charge >= 0.3 is 0 Å². The molecule has 1 aliphatic rings. The van der Waals surface area contributed by atoms with Gasteiger partial charge in [0.15, 0.2) is 9.84 Å². The minimum Gasteiger partial charge on any atom is -0.355 e. The van der Waals surface area contributed by atoms with Gasteiger partial charge in [-0.2, -0.15) is 0 Å². The van der Waals surface area contributed by atoms with Gasteiger partial charge in [-0.25, -0.2) is 8.42 Å². The number of hydrogen-bond acceptors (Lipinski definition) is 5. The van der Waals surface area contributed by atoms with Crippen LogP contribution in [0.15, 0.2) is 35.2 Å². The molecule has 2 N–H and O–H groups in total. The molecule has 0 radical (unpaired) electrons. The van der Waals surface area contributed by atoms with Crippen molar-refractivity contribution in [2.24, 2.45) is 5.92 Å². The van der Waals surface area contributed by atoms with Gasteiger partial charge < -0.3 is 10.6 Å². The van der Waals surface area contributed by atoms with E-state index in [-0.39, 0.29) is 17.8 Å². The number of nitrogens with one attached hydrogen (secondary N) is 2. The predicted octanol–water partition coefficient (Wildman–Crippen LogP) is 1.24. The van der Waals surface area contributed by atoms with Crippen LogP contribution in [0.1, 0.15) is 26.7 Å². The number of carbonyl (C=O) groups excluding carboxylic acids is 1. The molecule has 6 nitrogen and oxygen atoms in total. The highest BCUT2D eigenvalue weighted by molar-refractivity contribution is 7.91. The topological polar surface area (TPSA) is 78.5 Å². The van der Waals surface area contributed by atoms with Crippen LogP contribution in [0.5, 0.6) is 0 Å². The van der Waals surface area contributed by atoms with Crippen LogP contribution < -0.4 is 10.6 Å². The van der Waals surface area contributed by atoms with Gasteiger partial charge in [-0.05, 0) is 30.9 Å². The Hall–Kier alpha value is -1.44.